The number of anilines is 1. The fraction of sp³-hybridized carbons (Fsp3) is 0.273. The highest BCUT2D eigenvalue weighted by molar-refractivity contribution is 7.13. The molecule has 0 amide bonds. The van der Waals surface area contributed by atoms with E-state index in [0.29, 0.717) is 0 Å². The molecular weight excluding hydrogens is 206 g/mol. The van der Waals surface area contributed by atoms with Crippen LogP contribution in [-0.2, 0) is 13.6 Å². The van der Waals surface area contributed by atoms with Crippen LogP contribution in [0.4, 0.5) is 5.13 Å². The first-order chi connectivity index (χ1) is 7.27. The molecule has 3 nitrogen and oxygen atoms in total. The number of nitrogens with zero attached hydrogens (tertiary/aromatic N) is 2. The van der Waals surface area contributed by atoms with Crippen molar-refractivity contribution in [3.05, 3.63) is 41.2 Å². The van der Waals surface area contributed by atoms with E-state index < -0.39 is 0 Å². The summed E-state index contributed by atoms with van der Waals surface area (Å²) in [6, 6.07) is 4.04. The summed E-state index contributed by atoms with van der Waals surface area (Å²) in [4.78, 5) is 3.99. The van der Waals surface area contributed by atoms with Gasteiger partial charge in [0.1, 0.15) is 12.2 Å². The molecule has 0 spiro atoms. The molecule has 2 aromatic rings. The molecular formula is C11H14N3S+. The number of aromatic nitrogens is 2. The molecule has 0 aromatic carbocycles. The molecule has 0 aliphatic rings. The zero-order chi connectivity index (χ0) is 10.7. The van der Waals surface area contributed by atoms with Crippen molar-refractivity contribution < 1.29 is 4.57 Å². The summed E-state index contributed by atoms with van der Waals surface area (Å²) < 4.78 is 2.16. The molecule has 2 heterocycles. The van der Waals surface area contributed by atoms with Crippen LogP contribution in [0.5, 0.6) is 0 Å². The van der Waals surface area contributed by atoms with E-state index in [1.807, 2.05) is 24.5 Å². The molecule has 0 radical (unpaired) electrons. The standard InChI is InChI=1S/C11H13N3S/c1-9-8-15-11(14(9)2)13-7-10-3-5-12-6-4-10/h3-6,8H,7H2,1-2H3/p+1. The van der Waals surface area contributed by atoms with Gasteiger partial charge in [-0.2, -0.15) is 0 Å². The highest BCUT2D eigenvalue weighted by Crippen LogP contribution is 2.12. The molecule has 2 rings (SSSR count). The minimum absolute atomic E-state index is 0.844. The summed E-state index contributed by atoms with van der Waals surface area (Å²) in [6.45, 7) is 2.95. The summed E-state index contributed by atoms with van der Waals surface area (Å²) in [6.07, 6.45) is 3.63. The molecule has 0 fully saturated rings. The Bertz CT molecular complexity index is 436. The van der Waals surface area contributed by atoms with Gasteiger partial charge in [0.15, 0.2) is 0 Å². The van der Waals surface area contributed by atoms with Gasteiger partial charge in [0.05, 0.1) is 7.05 Å². The van der Waals surface area contributed by atoms with Gasteiger partial charge >= 0.3 is 5.13 Å². The minimum atomic E-state index is 0.844. The zero-order valence-corrected chi connectivity index (χ0v) is 9.71. The van der Waals surface area contributed by atoms with E-state index in [1.165, 1.54) is 16.4 Å². The molecule has 0 aliphatic carbocycles. The lowest BCUT2D eigenvalue weighted by Gasteiger charge is -1.98. The quantitative estimate of drug-likeness (QED) is 0.800. The van der Waals surface area contributed by atoms with Crippen molar-refractivity contribution in [2.75, 3.05) is 5.32 Å². The summed E-state index contributed by atoms with van der Waals surface area (Å²) in [5.74, 6) is 0. The highest BCUT2D eigenvalue weighted by atomic mass is 32.1. The van der Waals surface area contributed by atoms with Gasteiger partial charge in [-0.1, -0.05) is 11.3 Å². The Morgan fingerprint density at radius 3 is 2.73 bits per heavy atom. The summed E-state index contributed by atoms with van der Waals surface area (Å²) in [5, 5.41) is 6.74. The minimum Gasteiger partial charge on any atom is -0.265 e. The fourth-order valence-electron chi connectivity index (χ4n) is 1.30. The second-order valence-corrected chi connectivity index (χ2v) is 4.31. The molecule has 15 heavy (non-hydrogen) atoms. The molecule has 0 aliphatic heterocycles. The normalized spacial score (nSPS) is 10.3. The number of aryl methyl sites for hydroxylation is 1. The number of nitrogens with one attached hydrogen (secondary N) is 1. The third kappa shape index (κ3) is 2.33. The van der Waals surface area contributed by atoms with Gasteiger partial charge in [-0.25, -0.2) is 4.57 Å². The molecule has 0 bridgehead atoms. The first-order valence-electron chi connectivity index (χ1n) is 4.84. The van der Waals surface area contributed by atoms with E-state index in [-0.39, 0.29) is 0 Å². The van der Waals surface area contributed by atoms with E-state index in [9.17, 15) is 0 Å². The monoisotopic (exact) mass is 220 g/mol. The smallest absolute Gasteiger partial charge is 0.265 e. The lowest BCUT2D eigenvalue weighted by atomic mass is 10.3. The van der Waals surface area contributed by atoms with Gasteiger partial charge in [-0.3, -0.25) is 10.3 Å². The molecule has 0 unspecified atom stereocenters. The van der Waals surface area contributed by atoms with Crippen molar-refractivity contribution in [2.24, 2.45) is 7.05 Å². The summed E-state index contributed by atoms with van der Waals surface area (Å²) in [7, 11) is 2.07. The number of thiazole rings is 1. The van der Waals surface area contributed by atoms with Gasteiger partial charge < -0.3 is 0 Å². The van der Waals surface area contributed by atoms with Crippen molar-refractivity contribution >= 4 is 16.5 Å². The Morgan fingerprint density at radius 2 is 2.13 bits per heavy atom. The van der Waals surface area contributed by atoms with Gasteiger partial charge in [-0.05, 0) is 24.6 Å². The first-order valence-corrected chi connectivity index (χ1v) is 5.72. The highest BCUT2D eigenvalue weighted by Gasteiger charge is 2.09. The lowest BCUT2D eigenvalue weighted by Crippen LogP contribution is -2.32. The van der Waals surface area contributed by atoms with Crippen molar-refractivity contribution in [1.82, 2.24) is 4.98 Å². The Balaban J connectivity index is 2.02. The van der Waals surface area contributed by atoms with Crippen LogP contribution in [0, 0.1) is 6.92 Å². The van der Waals surface area contributed by atoms with Crippen LogP contribution in [0.25, 0.3) is 0 Å². The van der Waals surface area contributed by atoms with Gasteiger partial charge in [0, 0.05) is 17.8 Å². The second kappa shape index (κ2) is 4.40. The Morgan fingerprint density at radius 1 is 1.40 bits per heavy atom. The maximum Gasteiger partial charge on any atom is 0.334 e. The van der Waals surface area contributed by atoms with E-state index in [4.69, 9.17) is 0 Å². The average Bonchev–Trinajstić information content (AvgIpc) is 2.59. The largest absolute Gasteiger partial charge is 0.334 e. The van der Waals surface area contributed by atoms with Crippen molar-refractivity contribution in [1.29, 1.82) is 0 Å². The maximum absolute atomic E-state index is 3.99. The zero-order valence-electron chi connectivity index (χ0n) is 8.90. The Hall–Kier alpha value is -1.42. The van der Waals surface area contributed by atoms with Crippen LogP contribution in [-0.4, -0.2) is 4.98 Å². The van der Waals surface area contributed by atoms with Crippen molar-refractivity contribution in [2.45, 2.75) is 13.5 Å². The topological polar surface area (TPSA) is 28.8 Å². The van der Waals surface area contributed by atoms with Crippen LogP contribution in [0.3, 0.4) is 0 Å². The third-order valence-corrected chi connectivity index (χ3v) is 3.47. The van der Waals surface area contributed by atoms with E-state index in [1.54, 1.807) is 11.3 Å². The SMILES string of the molecule is Cc1csc(NCc2ccncc2)[n+]1C. The summed E-state index contributed by atoms with van der Waals surface area (Å²) in [5.41, 5.74) is 2.52. The van der Waals surface area contributed by atoms with E-state index in [0.717, 1.165) is 6.54 Å². The summed E-state index contributed by atoms with van der Waals surface area (Å²) >= 11 is 1.73. The molecule has 2 aromatic heterocycles. The first kappa shape index (κ1) is 10.1. The Labute approximate surface area is 93.4 Å². The number of hydrogen-bond donors (Lipinski definition) is 1. The fourth-order valence-corrected chi connectivity index (χ4v) is 2.20. The maximum atomic E-state index is 3.99. The van der Waals surface area contributed by atoms with Crippen LogP contribution in [0.15, 0.2) is 29.9 Å². The molecule has 0 saturated heterocycles. The molecule has 0 atom stereocenters. The third-order valence-electron chi connectivity index (χ3n) is 2.37. The second-order valence-electron chi connectivity index (χ2n) is 3.45. The Kier molecular flexibility index (Phi) is 2.97. The van der Waals surface area contributed by atoms with Crippen molar-refractivity contribution in [3.8, 4) is 0 Å². The predicted octanol–water partition coefficient (Wildman–Crippen LogP) is 1.89. The number of rotatable bonds is 3. The predicted molar refractivity (Wildman–Crippen MR) is 61.8 cm³/mol. The number of hydrogen-bond acceptors (Lipinski definition) is 3. The number of pyridine rings is 1. The van der Waals surface area contributed by atoms with Crippen LogP contribution in [0.2, 0.25) is 0 Å². The van der Waals surface area contributed by atoms with E-state index >= 15 is 0 Å². The van der Waals surface area contributed by atoms with Gasteiger partial charge in [0.25, 0.3) is 0 Å². The molecule has 0 saturated carbocycles. The van der Waals surface area contributed by atoms with Gasteiger partial charge in [0.2, 0.25) is 0 Å². The molecule has 1 N–H and O–H groups in total. The van der Waals surface area contributed by atoms with Crippen LogP contribution < -0.4 is 9.88 Å². The molecule has 4 heteroatoms. The average molecular weight is 220 g/mol. The van der Waals surface area contributed by atoms with Gasteiger partial charge in [-0.15, -0.1) is 0 Å². The lowest BCUT2D eigenvalue weighted by molar-refractivity contribution is -0.659. The van der Waals surface area contributed by atoms with Crippen LogP contribution >= 0.6 is 11.3 Å². The molecule has 78 valence electrons. The van der Waals surface area contributed by atoms with E-state index in [2.05, 4.69) is 34.2 Å². The van der Waals surface area contributed by atoms with Crippen molar-refractivity contribution in [3.63, 3.8) is 0 Å². The van der Waals surface area contributed by atoms with Crippen LogP contribution in [0.1, 0.15) is 11.3 Å².